The Labute approximate surface area is 104 Å². The van der Waals surface area contributed by atoms with Crippen LogP contribution in [0.15, 0.2) is 38.9 Å². The van der Waals surface area contributed by atoms with Gasteiger partial charge in [0.05, 0.1) is 0 Å². The van der Waals surface area contributed by atoms with Gasteiger partial charge in [-0.05, 0) is 31.5 Å². The van der Waals surface area contributed by atoms with Crippen LogP contribution in [0.4, 0.5) is 0 Å². The van der Waals surface area contributed by atoms with E-state index in [0.29, 0.717) is 6.54 Å². The van der Waals surface area contributed by atoms with Gasteiger partial charge in [-0.3, -0.25) is 0 Å². The molecule has 0 aliphatic rings. The van der Waals surface area contributed by atoms with Gasteiger partial charge in [0.2, 0.25) is 0 Å². The Morgan fingerprint density at radius 2 is 2.19 bits per heavy atom. The van der Waals surface area contributed by atoms with E-state index >= 15 is 0 Å². The van der Waals surface area contributed by atoms with Crippen LogP contribution in [0.25, 0.3) is 0 Å². The molecule has 2 nitrogen and oxygen atoms in total. The van der Waals surface area contributed by atoms with Crippen LogP contribution in [0.5, 0.6) is 0 Å². The van der Waals surface area contributed by atoms with Gasteiger partial charge >= 0.3 is 0 Å². The molecule has 2 rings (SSSR count). The molecule has 0 radical (unpaired) electrons. The van der Waals surface area contributed by atoms with Gasteiger partial charge in [0, 0.05) is 16.0 Å². The molecule has 4 heteroatoms. The van der Waals surface area contributed by atoms with Crippen LogP contribution in [-0.2, 0) is 6.42 Å². The van der Waals surface area contributed by atoms with E-state index in [1.54, 1.807) is 23.1 Å². The average Bonchev–Trinajstić information content (AvgIpc) is 2.67. The van der Waals surface area contributed by atoms with Crippen molar-refractivity contribution in [1.29, 1.82) is 0 Å². The van der Waals surface area contributed by atoms with E-state index in [9.17, 15) is 0 Å². The van der Waals surface area contributed by atoms with E-state index in [1.807, 2.05) is 6.92 Å². The van der Waals surface area contributed by atoms with Crippen molar-refractivity contribution in [2.24, 2.45) is 5.73 Å². The molecule has 0 spiro atoms. The summed E-state index contributed by atoms with van der Waals surface area (Å²) < 4.78 is 1.10. The van der Waals surface area contributed by atoms with Gasteiger partial charge in [0.1, 0.15) is 0 Å². The fourth-order valence-corrected chi connectivity index (χ4v) is 3.39. The summed E-state index contributed by atoms with van der Waals surface area (Å²) in [6, 6.07) is 8.38. The minimum Gasteiger partial charge on any atom is -0.330 e. The Hall–Kier alpha value is -0.840. The maximum absolute atomic E-state index is 5.60. The number of rotatable bonds is 4. The molecule has 0 atom stereocenters. The fraction of sp³-hybridized carbons (Fsp3) is 0.250. The smallest absolute Gasteiger partial charge is 0.154 e. The Balaban J connectivity index is 2.20. The first-order valence-electron chi connectivity index (χ1n) is 5.17. The van der Waals surface area contributed by atoms with Crippen LogP contribution in [-0.4, -0.2) is 11.5 Å². The number of aryl methyl sites for hydroxylation is 1. The standard InChI is InChI=1S/C12H14N2S2/c1-9-8-15-12(14-9)16-11-5-3-2-4-10(11)6-7-13/h2-5,8H,6-7,13H2,1H3. The van der Waals surface area contributed by atoms with Crippen molar-refractivity contribution in [1.82, 2.24) is 4.98 Å². The second kappa shape index (κ2) is 5.48. The van der Waals surface area contributed by atoms with Crippen LogP contribution < -0.4 is 5.73 Å². The molecule has 84 valence electrons. The van der Waals surface area contributed by atoms with Crippen molar-refractivity contribution in [2.45, 2.75) is 22.6 Å². The van der Waals surface area contributed by atoms with Crippen molar-refractivity contribution < 1.29 is 0 Å². The molecule has 1 aromatic carbocycles. The summed E-state index contributed by atoms with van der Waals surface area (Å²) in [7, 11) is 0. The molecular formula is C12H14N2S2. The molecular weight excluding hydrogens is 236 g/mol. The third-order valence-electron chi connectivity index (χ3n) is 2.18. The Morgan fingerprint density at radius 3 is 2.88 bits per heavy atom. The van der Waals surface area contributed by atoms with E-state index in [4.69, 9.17) is 5.73 Å². The average molecular weight is 250 g/mol. The molecule has 0 aliphatic carbocycles. The van der Waals surface area contributed by atoms with Crippen LogP contribution in [0, 0.1) is 6.92 Å². The molecule has 0 amide bonds. The molecule has 0 unspecified atom stereocenters. The van der Waals surface area contributed by atoms with Gasteiger partial charge in [-0.1, -0.05) is 30.0 Å². The maximum Gasteiger partial charge on any atom is 0.154 e. The molecule has 1 heterocycles. The molecule has 0 saturated heterocycles. The number of thiazole rings is 1. The zero-order valence-electron chi connectivity index (χ0n) is 9.14. The van der Waals surface area contributed by atoms with Crippen molar-refractivity contribution in [3.63, 3.8) is 0 Å². The van der Waals surface area contributed by atoms with Crippen molar-refractivity contribution in [3.8, 4) is 0 Å². The van der Waals surface area contributed by atoms with Crippen molar-refractivity contribution in [2.75, 3.05) is 6.54 Å². The molecule has 2 aromatic rings. The highest BCUT2D eigenvalue weighted by Gasteiger charge is 2.05. The lowest BCUT2D eigenvalue weighted by Gasteiger charge is -2.05. The SMILES string of the molecule is Cc1csc(Sc2ccccc2CCN)n1. The van der Waals surface area contributed by atoms with Gasteiger partial charge in [-0.25, -0.2) is 4.98 Å². The van der Waals surface area contributed by atoms with Crippen LogP contribution in [0.1, 0.15) is 11.3 Å². The zero-order chi connectivity index (χ0) is 11.4. The summed E-state index contributed by atoms with van der Waals surface area (Å²) in [6.07, 6.45) is 0.924. The molecule has 16 heavy (non-hydrogen) atoms. The molecule has 2 N–H and O–H groups in total. The number of nitrogens with zero attached hydrogens (tertiary/aromatic N) is 1. The minimum atomic E-state index is 0.689. The quantitative estimate of drug-likeness (QED) is 0.906. The summed E-state index contributed by atoms with van der Waals surface area (Å²) in [5.74, 6) is 0. The number of nitrogens with two attached hydrogens (primary N) is 1. The van der Waals surface area contributed by atoms with E-state index in [0.717, 1.165) is 16.5 Å². The lowest BCUT2D eigenvalue weighted by atomic mass is 10.1. The first-order valence-corrected chi connectivity index (χ1v) is 6.87. The highest BCUT2D eigenvalue weighted by molar-refractivity contribution is 8.01. The van der Waals surface area contributed by atoms with Gasteiger partial charge in [-0.15, -0.1) is 11.3 Å². The Bertz CT molecular complexity index is 466. The molecule has 0 fully saturated rings. The van der Waals surface area contributed by atoms with E-state index in [1.165, 1.54) is 10.5 Å². The molecule has 0 bridgehead atoms. The fourth-order valence-electron chi connectivity index (χ4n) is 1.44. The maximum atomic E-state index is 5.60. The van der Waals surface area contributed by atoms with Gasteiger partial charge in [-0.2, -0.15) is 0 Å². The van der Waals surface area contributed by atoms with Crippen molar-refractivity contribution in [3.05, 3.63) is 40.9 Å². The summed E-state index contributed by atoms with van der Waals surface area (Å²) in [5, 5.41) is 2.08. The second-order valence-corrected chi connectivity index (χ2v) is 5.65. The zero-order valence-corrected chi connectivity index (χ0v) is 10.8. The monoisotopic (exact) mass is 250 g/mol. The first-order chi connectivity index (χ1) is 7.79. The number of aromatic nitrogens is 1. The lowest BCUT2D eigenvalue weighted by molar-refractivity contribution is 0.944. The first kappa shape index (κ1) is 11.6. The van der Waals surface area contributed by atoms with E-state index < -0.39 is 0 Å². The molecule has 0 aliphatic heterocycles. The minimum absolute atomic E-state index is 0.689. The third-order valence-corrected chi connectivity index (χ3v) is 4.36. The number of hydrogen-bond donors (Lipinski definition) is 1. The summed E-state index contributed by atoms with van der Waals surface area (Å²) in [6.45, 7) is 2.71. The highest BCUT2D eigenvalue weighted by atomic mass is 32.2. The summed E-state index contributed by atoms with van der Waals surface area (Å²) >= 11 is 3.42. The van der Waals surface area contributed by atoms with E-state index in [2.05, 4.69) is 34.6 Å². The Kier molecular flexibility index (Phi) is 3.98. The van der Waals surface area contributed by atoms with Gasteiger partial charge in [0.15, 0.2) is 4.34 Å². The van der Waals surface area contributed by atoms with Crippen molar-refractivity contribution >= 4 is 23.1 Å². The molecule has 0 saturated carbocycles. The van der Waals surface area contributed by atoms with Gasteiger partial charge < -0.3 is 5.73 Å². The Morgan fingerprint density at radius 1 is 1.38 bits per heavy atom. The van der Waals surface area contributed by atoms with Crippen LogP contribution in [0.2, 0.25) is 0 Å². The summed E-state index contributed by atoms with van der Waals surface area (Å²) in [4.78, 5) is 5.72. The van der Waals surface area contributed by atoms with Gasteiger partial charge in [0.25, 0.3) is 0 Å². The number of benzene rings is 1. The van der Waals surface area contributed by atoms with Crippen LogP contribution in [0.3, 0.4) is 0 Å². The lowest BCUT2D eigenvalue weighted by Crippen LogP contribution is -2.03. The largest absolute Gasteiger partial charge is 0.330 e. The van der Waals surface area contributed by atoms with E-state index in [-0.39, 0.29) is 0 Å². The second-order valence-electron chi connectivity index (χ2n) is 3.50. The van der Waals surface area contributed by atoms with Crippen LogP contribution >= 0.6 is 23.1 Å². The molecule has 1 aromatic heterocycles. The predicted molar refractivity (Wildman–Crippen MR) is 70.2 cm³/mol. The predicted octanol–water partition coefficient (Wildman–Crippen LogP) is 3.10. The summed E-state index contributed by atoms with van der Waals surface area (Å²) in [5.41, 5.74) is 8.00. The third kappa shape index (κ3) is 2.84. The number of hydrogen-bond acceptors (Lipinski definition) is 4. The topological polar surface area (TPSA) is 38.9 Å². The normalized spacial score (nSPS) is 10.6. The highest BCUT2D eigenvalue weighted by Crippen LogP contribution is 2.32.